The van der Waals surface area contributed by atoms with Gasteiger partial charge in [0.25, 0.3) is 0 Å². The van der Waals surface area contributed by atoms with Crippen LogP contribution in [0.1, 0.15) is 111 Å². The molecule has 4 aliphatic rings. The van der Waals surface area contributed by atoms with Crippen LogP contribution in [-0.4, -0.2) is 190 Å². The van der Waals surface area contributed by atoms with Crippen molar-refractivity contribution in [1.29, 1.82) is 0 Å². The number of amides is 8. The summed E-state index contributed by atoms with van der Waals surface area (Å²) in [5, 5.41) is 17.6. The number of ether oxygens (including phenoxy) is 2. The Morgan fingerprint density at radius 1 is 0.922 bits per heavy atom. The Hall–Kier alpha value is -5.72. The summed E-state index contributed by atoms with van der Waals surface area (Å²) >= 11 is 2.75. The highest BCUT2D eigenvalue weighted by Crippen LogP contribution is 2.40. The number of hydrogen-bond acceptors (Lipinski definition) is 16. The van der Waals surface area contributed by atoms with Gasteiger partial charge in [-0.25, -0.2) is 14.7 Å². The number of aliphatic imine (C=N–C) groups is 2. The molecule has 1 aromatic rings. The van der Waals surface area contributed by atoms with Crippen LogP contribution in [-0.2, 0) is 59.0 Å². The van der Waals surface area contributed by atoms with Crippen molar-refractivity contribution in [2.75, 3.05) is 41.4 Å². The minimum Gasteiger partial charge on any atom is -0.480 e. The molecule has 1 saturated carbocycles. The number of methoxy groups -OCH3 is 2. The first kappa shape index (κ1) is 62.1. The van der Waals surface area contributed by atoms with Crippen molar-refractivity contribution in [2.45, 2.75) is 164 Å². The van der Waals surface area contributed by atoms with Gasteiger partial charge < -0.3 is 39.9 Å². The third kappa shape index (κ3) is 16.4. The number of fused-ring (bicyclic) bond motifs is 4. The molecule has 3 fully saturated rings. The number of nitrogens with one attached hydrogen (secondary N) is 3. The van der Waals surface area contributed by atoms with Crippen LogP contribution < -0.4 is 16.0 Å². The van der Waals surface area contributed by atoms with Crippen LogP contribution in [0.25, 0.3) is 0 Å². The Labute approximate surface area is 460 Å². The van der Waals surface area contributed by atoms with Crippen LogP contribution in [0.3, 0.4) is 0 Å². The number of aliphatic carboxylic acids is 1. The Balaban J connectivity index is 1.18. The first-order chi connectivity index (χ1) is 36.6. The van der Waals surface area contributed by atoms with Crippen LogP contribution in [0.4, 0.5) is 0 Å². The number of benzene rings is 1. The highest BCUT2D eigenvalue weighted by Gasteiger charge is 2.45. The average molecular weight is 1110 g/mol. The SMILES string of the molecule is C=N/C1=N\C(NC(=O)CCC(=O)N(C)C(C(=O)NCC(=O)N(C)C(C(C)CC)C(CC(=O)N2CCCC2C(OC)C(C)C(=O)NC(Cc2ccccc2)C(=O)O)OC)C(C)C)=N/SC2CCCC(C2)SC2CC(=O)N1C2=O. The normalized spacial score (nSPS) is 23.7. The zero-order chi connectivity index (χ0) is 56.7. The monoisotopic (exact) mass is 1110 g/mol. The van der Waals surface area contributed by atoms with Gasteiger partial charge in [-0.15, -0.1) is 11.8 Å². The summed E-state index contributed by atoms with van der Waals surface area (Å²) in [6.07, 6.45) is 3.07. The smallest absolute Gasteiger partial charge is 0.326 e. The molecule has 4 bridgehead atoms. The van der Waals surface area contributed by atoms with E-state index < -0.39 is 107 Å². The zero-order valence-electron chi connectivity index (χ0n) is 45.8. The molecule has 77 heavy (non-hydrogen) atoms. The molecule has 5 rings (SSSR count). The van der Waals surface area contributed by atoms with Gasteiger partial charge in [0.05, 0.1) is 48.4 Å². The predicted octanol–water partition coefficient (Wildman–Crippen LogP) is 3.46. The summed E-state index contributed by atoms with van der Waals surface area (Å²) < 4.78 is 16.3. The molecule has 2 saturated heterocycles. The molecule has 22 nitrogen and oxygen atoms in total. The number of hydrogen-bond donors (Lipinski definition) is 4. The molecule has 3 heterocycles. The lowest BCUT2D eigenvalue weighted by atomic mass is 9.90. The van der Waals surface area contributed by atoms with Gasteiger partial charge in [-0.1, -0.05) is 77.8 Å². The lowest BCUT2D eigenvalue weighted by molar-refractivity contribution is -0.147. The van der Waals surface area contributed by atoms with E-state index in [0.29, 0.717) is 25.8 Å². The topological polar surface area (TPSA) is 278 Å². The lowest BCUT2D eigenvalue weighted by Gasteiger charge is -2.39. The Bertz CT molecular complexity index is 2380. The van der Waals surface area contributed by atoms with Crippen LogP contribution in [0.5, 0.6) is 0 Å². The average Bonchev–Trinajstić information content (AvgIpc) is 4.01. The summed E-state index contributed by atoms with van der Waals surface area (Å²) in [6, 6.07) is 5.66. The van der Waals surface area contributed by atoms with Gasteiger partial charge in [0.2, 0.25) is 59.2 Å². The quantitative estimate of drug-likeness (QED) is 0.0695. The molecule has 1 aromatic carbocycles. The van der Waals surface area contributed by atoms with E-state index in [1.165, 1.54) is 54.8 Å². The van der Waals surface area contributed by atoms with E-state index in [4.69, 9.17) is 9.47 Å². The van der Waals surface area contributed by atoms with Crippen molar-refractivity contribution in [3.8, 4) is 0 Å². The van der Waals surface area contributed by atoms with Crippen molar-refractivity contribution < 1.29 is 57.7 Å². The van der Waals surface area contributed by atoms with E-state index in [0.717, 1.165) is 36.1 Å². The summed E-state index contributed by atoms with van der Waals surface area (Å²) in [5.41, 5.74) is 0.749. The third-order valence-corrected chi connectivity index (χ3v) is 17.5. The van der Waals surface area contributed by atoms with E-state index in [2.05, 4.69) is 37.1 Å². The van der Waals surface area contributed by atoms with E-state index in [1.807, 2.05) is 19.9 Å². The van der Waals surface area contributed by atoms with Crippen LogP contribution >= 0.6 is 23.7 Å². The van der Waals surface area contributed by atoms with Crippen molar-refractivity contribution in [2.24, 2.45) is 32.1 Å². The molecular formula is C53H78N10O12S2. The number of imide groups is 1. The highest BCUT2D eigenvalue weighted by atomic mass is 32.2. The standard InChI is InChI=1S/C53H78N10O12S2/c1-11-31(4)46(38(74-9)27-42(66)62-24-16-21-37(62)47(75-10)32(5)48(69)56-36(51(72)73)25-33-17-13-12-14-18-33)61(8)44(68)29-55-49(70)45(30(2)3)60(7)41(65)23-22-40(64)57-52-58-53(54-6)63-43(67)28-39(50(63)71)76-34-19-15-20-35(26-34)77-59-52/h12-14,17-18,30-32,34-39,45-47H,6,11,15-16,19-29H2,1-5,7-10H3,(H,55,70)(H,56,69)(H,72,73)(H,57,59,64)/b58-53+. The third-order valence-electron chi connectivity index (χ3n) is 15.0. The first-order valence-electron chi connectivity index (χ1n) is 26.5. The van der Waals surface area contributed by atoms with Gasteiger partial charge in [0, 0.05) is 71.0 Å². The summed E-state index contributed by atoms with van der Waals surface area (Å²) in [4.78, 5) is 135. The van der Waals surface area contributed by atoms with Crippen molar-refractivity contribution >= 4 is 95.6 Å². The number of rotatable bonds is 23. The molecule has 11 atom stereocenters. The number of carbonyl (C=O) groups excluding carboxylic acids is 8. The van der Waals surface area contributed by atoms with E-state index in [9.17, 15) is 48.3 Å². The largest absolute Gasteiger partial charge is 0.480 e. The van der Waals surface area contributed by atoms with Gasteiger partial charge in [0.1, 0.15) is 12.1 Å². The molecule has 4 N–H and O–H groups in total. The number of likely N-dealkylation sites (N-methyl/N-ethyl adjacent to an activating group) is 2. The number of carboxylic acids is 1. The Morgan fingerprint density at radius 3 is 2.26 bits per heavy atom. The molecule has 1 aliphatic carbocycles. The number of nitrogens with zero attached hydrogens (tertiary/aromatic N) is 7. The van der Waals surface area contributed by atoms with Crippen molar-refractivity contribution in [3.05, 3.63) is 35.9 Å². The molecule has 0 spiro atoms. The number of carbonyl (C=O) groups is 9. The number of guanidine groups is 2. The maximum Gasteiger partial charge on any atom is 0.326 e. The van der Waals surface area contributed by atoms with Crippen LogP contribution in [0.15, 0.2) is 44.7 Å². The molecule has 424 valence electrons. The number of carboxylic acid groups (broad SMARTS) is 1. The highest BCUT2D eigenvalue weighted by molar-refractivity contribution is 8.01. The second kappa shape index (κ2) is 29.3. The fourth-order valence-electron chi connectivity index (χ4n) is 10.7. The lowest BCUT2D eigenvalue weighted by Crippen LogP contribution is -2.56. The Morgan fingerprint density at radius 2 is 1.62 bits per heavy atom. The van der Waals surface area contributed by atoms with Crippen LogP contribution in [0, 0.1) is 17.8 Å². The molecule has 3 aliphatic heterocycles. The summed E-state index contributed by atoms with van der Waals surface area (Å²) in [7, 11) is 5.96. The van der Waals surface area contributed by atoms with Crippen LogP contribution in [0.2, 0.25) is 0 Å². The fraction of sp³-hybridized carbons (Fsp3) is 0.660. The minimum absolute atomic E-state index is 0.00214. The predicted molar refractivity (Wildman–Crippen MR) is 294 cm³/mol. The number of thioether (sulfide) groups is 1. The summed E-state index contributed by atoms with van der Waals surface area (Å²) in [6.45, 7) is 12.5. The molecule has 24 heteroatoms. The van der Waals surface area contributed by atoms with Crippen molar-refractivity contribution in [1.82, 2.24) is 35.6 Å². The molecule has 8 amide bonds. The van der Waals surface area contributed by atoms with Gasteiger partial charge in [-0.05, 0) is 68.2 Å². The fourth-order valence-corrected chi connectivity index (χ4v) is 13.3. The molecule has 0 radical (unpaired) electrons. The number of likely N-dealkylation sites (tertiary alicyclic amines) is 1. The van der Waals surface area contributed by atoms with Gasteiger partial charge in [0.15, 0.2) is 0 Å². The second-order valence-corrected chi connectivity index (χ2v) is 23.2. The molecular weight excluding hydrogens is 1030 g/mol. The maximum atomic E-state index is 14.3. The van der Waals surface area contributed by atoms with E-state index >= 15 is 0 Å². The van der Waals surface area contributed by atoms with Gasteiger partial charge in [-0.2, -0.15) is 9.39 Å². The first-order valence-corrected chi connectivity index (χ1v) is 28.2. The zero-order valence-corrected chi connectivity index (χ0v) is 47.4. The van der Waals surface area contributed by atoms with Crippen molar-refractivity contribution in [3.63, 3.8) is 0 Å². The van der Waals surface area contributed by atoms with Gasteiger partial charge in [-0.3, -0.25) is 43.7 Å². The van der Waals surface area contributed by atoms with E-state index in [1.54, 1.807) is 57.0 Å². The minimum atomic E-state index is -1.18. The summed E-state index contributed by atoms with van der Waals surface area (Å²) in [5.74, 6) is -7.03. The second-order valence-electron chi connectivity index (χ2n) is 20.6. The molecule has 0 aromatic heterocycles. The Kier molecular flexibility index (Phi) is 23.6. The molecule has 11 unspecified atom stereocenters. The maximum absolute atomic E-state index is 14.3. The van der Waals surface area contributed by atoms with Gasteiger partial charge >= 0.3 is 5.97 Å². The van der Waals surface area contributed by atoms with E-state index in [-0.39, 0.29) is 66.3 Å².